The zero-order valence-electron chi connectivity index (χ0n) is 16.8. The van der Waals surface area contributed by atoms with E-state index in [2.05, 4.69) is 10.6 Å². The lowest BCUT2D eigenvalue weighted by Gasteiger charge is -2.33. The van der Waals surface area contributed by atoms with Crippen LogP contribution >= 0.6 is 11.6 Å². The lowest BCUT2D eigenvalue weighted by Crippen LogP contribution is -2.51. The number of halogens is 1. The number of nitrogens with one attached hydrogen (secondary N) is 2. The van der Waals surface area contributed by atoms with Gasteiger partial charge >= 0.3 is 5.97 Å². The second-order valence-corrected chi connectivity index (χ2v) is 8.98. The second-order valence-electron chi connectivity index (χ2n) is 8.58. The van der Waals surface area contributed by atoms with Gasteiger partial charge in [0.05, 0.1) is 22.5 Å². The largest absolute Gasteiger partial charge is 0.481 e. The lowest BCUT2D eigenvalue weighted by atomic mass is 9.85. The summed E-state index contributed by atoms with van der Waals surface area (Å²) in [6.45, 7) is 11.3. The lowest BCUT2D eigenvalue weighted by molar-refractivity contribution is -0.139. The summed E-state index contributed by atoms with van der Waals surface area (Å²) in [7, 11) is 0. The molecule has 150 valence electrons. The number of carbonyl (C=O) groups is 3. The van der Waals surface area contributed by atoms with Crippen molar-refractivity contribution in [1.29, 1.82) is 0 Å². The van der Waals surface area contributed by atoms with E-state index in [1.807, 2.05) is 34.6 Å². The molecule has 0 radical (unpaired) electrons. The first-order chi connectivity index (χ1) is 12.2. The zero-order valence-corrected chi connectivity index (χ0v) is 17.5. The average Bonchev–Trinajstić information content (AvgIpc) is 2.46. The van der Waals surface area contributed by atoms with E-state index in [4.69, 9.17) is 16.7 Å². The summed E-state index contributed by atoms with van der Waals surface area (Å²) in [6.07, 6.45) is 0.122. The topological polar surface area (TPSA) is 95.5 Å². The van der Waals surface area contributed by atoms with Gasteiger partial charge in [0, 0.05) is 12.1 Å². The molecule has 1 rings (SSSR count). The molecule has 0 spiro atoms. The quantitative estimate of drug-likeness (QED) is 0.639. The predicted octanol–water partition coefficient (Wildman–Crippen LogP) is 4.33. The van der Waals surface area contributed by atoms with Crippen molar-refractivity contribution in [2.24, 2.45) is 11.3 Å². The normalized spacial score (nSPS) is 13.8. The van der Waals surface area contributed by atoms with Crippen molar-refractivity contribution in [3.05, 3.63) is 28.8 Å². The molecule has 1 unspecified atom stereocenters. The fourth-order valence-corrected chi connectivity index (χ4v) is 2.70. The van der Waals surface area contributed by atoms with Crippen LogP contribution in [0.4, 0.5) is 5.69 Å². The highest BCUT2D eigenvalue weighted by Crippen LogP contribution is 2.26. The van der Waals surface area contributed by atoms with Crippen LogP contribution in [0, 0.1) is 11.3 Å². The second kappa shape index (κ2) is 8.74. The maximum atomic E-state index is 12.7. The molecular formula is C20H29ClN2O4. The summed E-state index contributed by atoms with van der Waals surface area (Å²) in [5.41, 5.74) is -0.449. The van der Waals surface area contributed by atoms with Crippen molar-refractivity contribution in [3.63, 3.8) is 0 Å². The Morgan fingerprint density at radius 2 is 1.70 bits per heavy atom. The first-order valence-electron chi connectivity index (χ1n) is 8.87. The van der Waals surface area contributed by atoms with Gasteiger partial charge in [-0.3, -0.25) is 14.4 Å². The van der Waals surface area contributed by atoms with Gasteiger partial charge in [0.1, 0.15) is 0 Å². The number of anilines is 1. The highest BCUT2D eigenvalue weighted by Gasteiger charge is 2.33. The number of aliphatic carboxylic acids is 1. The van der Waals surface area contributed by atoms with Gasteiger partial charge in [0.2, 0.25) is 5.91 Å². The highest BCUT2D eigenvalue weighted by atomic mass is 35.5. The molecule has 27 heavy (non-hydrogen) atoms. The molecule has 3 N–H and O–H groups in total. The van der Waals surface area contributed by atoms with Crippen LogP contribution in [-0.2, 0) is 9.59 Å². The number of amides is 2. The summed E-state index contributed by atoms with van der Waals surface area (Å²) in [4.78, 5) is 36.0. The van der Waals surface area contributed by atoms with Crippen molar-refractivity contribution in [3.8, 4) is 0 Å². The standard InChI is InChI=1S/C20H29ClN2O4/c1-12(2)20(6,11-17(25)26)23-18(27)14-9-13(7-8-15(14)21)22-16(24)10-19(3,4)5/h7-9,12H,10-11H2,1-6H3,(H,22,24)(H,23,27)(H,25,26). The van der Waals surface area contributed by atoms with E-state index in [1.165, 1.54) is 12.1 Å². The molecule has 1 aromatic carbocycles. The minimum absolute atomic E-state index is 0.106. The van der Waals surface area contributed by atoms with E-state index in [0.717, 1.165) is 0 Å². The van der Waals surface area contributed by atoms with E-state index in [-0.39, 0.29) is 34.2 Å². The third-order valence-corrected chi connectivity index (χ3v) is 4.71. The number of hydrogen-bond donors (Lipinski definition) is 3. The van der Waals surface area contributed by atoms with Crippen LogP contribution in [0.3, 0.4) is 0 Å². The summed E-state index contributed by atoms with van der Waals surface area (Å²) in [5, 5.41) is 14.9. The first kappa shape index (κ1) is 23.0. The molecule has 0 heterocycles. The number of benzene rings is 1. The molecule has 0 bridgehead atoms. The van der Waals surface area contributed by atoms with Gasteiger partial charge in [-0.25, -0.2) is 0 Å². The molecule has 1 aromatic rings. The molecule has 7 heteroatoms. The Kier molecular flexibility index (Phi) is 7.43. The summed E-state index contributed by atoms with van der Waals surface area (Å²) in [5.74, 6) is -1.75. The Balaban J connectivity index is 3.03. The predicted molar refractivity (Wildman–Crippen MR) is 107 cm³/mol. The van der Waals surface area contributed by atoms with Crippen molar-refractivity contribution in [2.75, 3.05) is 5.32 Å². The highest BCUT2D eigenvalue weighted by molar-refractivity contribution is 6.34. The van der Waals surface area contributed by atoms with Crippen molar-refractivity contribution in [2.45, 2.75) is 59.9 Å². The van der Waals surface area contributed by atoms with Gasteiger partial charge in [0.15, 0.2) is 0 Å². The molecule has 0 saturated heterocycles. The van der Waals surface area contributed by atoms with Crippen LogP contribution in [0.1, 0.15) is 64.7 Å². The molecule has 0 fully saturated rings. The minimum atomic E-state index is -0.999. The van der Waals surface area contributed by atoms with Gasteiger partial charge in [-0.05, 0) is 36.5 Å². The number of rotatable bonds is 7. The van der Waals surface area contributed by atoms with E-state index >= 15 is 0 Å². The van der Waals surface area contributed by atoms with E-state index in [9.17, 15) is 14.4 Å². The molecule has 6 nitrogen and oxygen atoms in total. The van der Waals surface area contributed by atoms with E-state index < -0.39 is 17.4 Å². The number of carboxylic acids is 1. The average molecular weight is 397 g/mol. The monoisotopic (exact) mass is 396 g/mol. The van der Waals surface area contributed by atoms with Crippen molar-refractivity contribution < 1.29 is 19.5 Å². The van der Waals surface area contributed by atoms with Gasteiger partial charge in [-0.15, -0.1) is 0 Å². The maximum Gasteiger partial charge on any atom is 0.305 e. The third kappa shape index (κ3) is 7.21. The molecule has 1 atom stereocenters. The van der Waals surface area contributed by atoms with Crippen LogP contribution in [0.2, 0.25) is 5.02 Å². The van der Waals surface area contributed by atoms with Crippen LogP contribution in [0.15, 0.2) is 18.2 Å². The Bertz CT molecular complexity index is 725. The van der Waals surface area contributed by atoms with E-state index in [0.29, 0.717) is 12.1 Å². The molecule has 0 aromatic heterocycles. The molecule has 0 aliphatic heterocycles. The molecular weight excluding hydrogens is 368 g/mol. The summed E-state index contributed by atoms with van der Waals surface area (Å²) >= 11 is 6.16. The number of carboxylic acid groups (broad SMARTS) is 1. The molecule has 2 amide bonds. The fraction of sp³-hybridized carbons (Fsp3) is 0.550. The van der Waals surface area contributed by atoms with Crippen LogP contribution < -0.4 is 10.6 Å². The zero-order chi connectivity index (χ0) is 21.0. The minimum Gasteiger partial charge on any atom is -0.481 e. The smallest absolute Gasteiger partial charge is 0.305 e. The Morgan fingerprint density at radius 3 is 2.19 bits per heavy atom. The number of carbonyl (C=O) groups excluding carboxylic acids is 2. The summed E-state index contributed by atoms with van der Waals surface area (Å²) in [6, 6.07) is 4.66. The summed E-state index contributed by atoms with van der Waals surface area (Å²) < 4.78 is 0. The number of hydrogen-bond acceptors (Lipinski definition) is 3. The van der Waals surface area contributed by atoms with Gasteiger partial charge in [0.25, 0.3) is 5.91 Å². The molecule has 0 aliphatic carbocycles. The Hall–Kier alpha value is -2.08. The molecule has 0 aliphatic rings. The third-order valence-electron chi connectivity index (χ3n) is 4.38. The fourth-order valence-electron chi connectivity index (χ4n) is 2.50. The van der Waals surface area contributed by atoms with E-state index in [1.54, 1.807) is 13.0 Å². The van der Waals surface area contributed by atoms with Crippen LogP contribution in [0.25, 0.3) is 0 Å². The maximum absolute atomic E-state index is 12.7. The van der Waals surface area contributed by atoms with Crippen molar-refractivity contribution >= 4 is 35.1 Å². The van der Waals surface area contributed by atoms with Crippen LogP contribution in [-0.4, -0.2) is 28.4 Å². The molecule has 0 saturated carbocycles. The van der Waals surface area contributed by atoms with Crippen molar-refractivity contribution in [1.82, 2.24) is 5.32 Å². The Morgan fingerprint density at radius 1 is 1.11 bits per heavy atom. The Labute approximate surface area is 165 Å². The van der Waals surface area contributed by atoms with Gasteiger partial charge in [-0.2, -0.15) is 0 Å². The van der Waals surface area contributed by atoms with Crippen LogP contribution in [0.5, 0.6) is 0 Å². The van der Waals surface area contributed by atoms with Gasteiger partial charge < -0.3 is 15.7 Å². The van der Waals surface area contributed by atoms with Gasteiger partial charge in [-0.1, -0.05) is 46.2 Å². The SMILES string of the molecule is CC(C)C(C)(CC(=O)O)NC(=O)c1cc(NC(=O)CC(C)(C)C)ccc1Cl. The first-order valence-corrected chi connectivity index (χ1v) is 9.25.